The summed E-state index contributed by atoms with van der Waals surface area (Å²) in [6, 6.07) is 8.57. The summed E-state index contributed by atoms with van der Waals surface area (Å²) in [5.74, 6) is 6.30. The van der Waals surface area contributed by atoms with Crippen molar-refractivity contribution in [2.24, 2.45) is 0 Å². The highest BCUT2D eigenvalue weighted by molar-refractivity contribution is 5.77. The molecule has 1 aromatic rings. The molecule has 3 rings (SSSR count). The van der Waals surface area contributed by atoms with Gasteiger partial charge in [-0.05, 0) is 37.1 Å². The summed E-state index contributed by atoms with van der Waals surface area (Å²) in [4.78, 5) is 16.7. The summed E-state index contributed by atoms with van der Waals surface area (Å²) in [6.07, 6.45) is 2.01. The molecule has 2 aliphatic rings. The molecule has 0 bridgehead atoms. The smallest absolute Gasteiger partial charge is 0.248 e. The Morgan fingerprint density at radius 2 is 1.93 bits per heavy atom. The lowest BCUT2D eigenvalue weighted by Gasteiger charge is -2.57. The van der Waals surface area contributed by atoms with Gasteiger partial charge in [-0.15, -0.1) is 0 Å². The number of rotatable bonds is 5. The van der Waals surface area contributed by atoms with Crippen molar-refractivity contribution < 1.29 is 19.4 Å². The Balaban J connectivity index is 1.77. The standard InChI is InChI=1S/C22H30N2O4/c1-27-13-5-6-17-7-9-18(10-8-17)22-19-14-23(21(26)16-28-2)11-3-4-12-24(19)20(22)15-25/h7-10,19-20,22,25H,3-4,11-16H2,1-2H3/t19-,20+,22+/m1/s1. The molecule has 6 heteroatoms. The van der Waals surface area contributed by atoms with Gasteiger partial charge in [0.2, 0.25) is 5.91 Å². The number of fused-ring (bicyclic) bond motifs is 1. The van der Waals surface area contributed by atoms with Gasteiger partial charge in [-0.2, -0.15) is 0 Å². The number of ether oxygens (including phenoxy) is 2. The Morgan fingerprint density at radius 1 is 1.18 bits per heavy atom. The van der Waals surface area contributed by atoms with E-state index in [1.54, 1.807) is 14.2 Å². The van der Waals surface area contributed by atoms with Gasteiger partial charge >= 0.3 is 0 Å². The molecule has 2 heterocycles. The van der Waals surface area contributed by atoms with E-state index in [4.69, 9.17) is 9.47 Å². The van der Waals surface area contributed by atoms with Crippen molar-refractivity contribution >= 4 is 5.91 Å². The summed E-state index contributed by atoms with van der Waals surface area (Å²) >= 11 is 0. The molecule has 6 nitrogen and oxygen atoms in total. The number of carbonyl (C=O) groups is 1. The molecule has 0 aromatic heterocycles. The highest BCUT2D eigenvalue weighted by Gasteiger charge is 2.49. The first kappa shape index (κ1) is 20.8. The molecule has 0 aliphatic carbocycles. The number of aliphatic hydroxyl groups excluding tert-OH is 1. The number of hydrogen-bond acceptors (Lipinski definition) is 5. The molecule has 2 aliphatic heterocycles. The normalized spacial score (nSPS) is 25.0. The fourth-order valence-corrected chi connectivity index (χ4v) is 4.38. The van der Waals surface area contributed by atoms with E-state index >= 15 is 0 Å². The van der Waals surface area contributed by atoms with Crippen LogP contribution < -0.4 is 0 Å². The summed E-state index contributed by atoms with van der Waals surface area (Å²) in [6.45, 7) is 3.09. The number of nitrogens with zero attached hydrogens (tertiary/aromatic N) is 2. The third-order valence-corrected chi connectivity index (χ3v) is 5.74. The van der Waals surface area contributed by atoms with E-state index in [1.807, 2.05) is 17.0 Å². The lowest BCUT2D eigenvalue weighted by atomic mass is 9.74. The molecule has 0 saturated carbocycles. The molecule has 1 N–H and O–H groups in total. The van der Waals surface area contributed by atoms with Gasteiger partial charge in [0.25, 0.3) is 0 Å². The Labute approximate surface area is 167 Å². The second-order valence-corrected chi connectivity index (χ2v) is 7.42. The molecule has 2 saturated heterocycles. The zero-order chi connectivity index (χ0) is 19.9. The van der Waals surface area contributed by atoms with Crippen molar-refractivity contribution in [3.63, 3.8) is 0 Å². The van der Waals surface area contributed by atoms with Crippen molar-refractivity contribution in [2.45, 2.75) is 30.8 Å². The predicted molar refractivity (Wildman–Crippen MR) is 107 cm³/mol. The average Bonchev–Trinajstić information content (AvgIpc) is 2.68. The van der Waals surface area contributed by atoms with Gasteiger partial charge in [-0.25, -0.2) is 0 Å². The van der Waals surface area contributed by atoms with Crippen LogP contribution in [0.25, 0.3) is 0 Å². The largest absolute Gasteiger partial charge is 0.395 e. The van der Waals surface area contributed by atoms with Crippen LogP contribution >= 0.6 is 0 Å². The van der Waals surface area contributed by atoms with Gasteiger partial charge in [0.05, 0.1) is 6.61 Å². The monoisotopic (exact) mass is 386 g/mol. The van der Waals surface area contributed by atoms with E-state index in [0.29, 0.717) is 13.2 Å². The zero-order valence-corrected chi connectivity index (χ0v) is 16.8. The fraction of sp³-hybridized carbons (Fsp3) is 0.591. The van der Waals surface area contributed by atoms with Crippen LogP contribution in [-0.2, 0) is 14.3 Å². The van der Waals surface area contributed by atoms with Gasteiger partial charge in [0.15, 0.2) is 0 Å². The molecule has 1 aromatic carbocycles. The molecule has 1 amide bonds. The second-order valence-electron chi connectivity index (χ2n) is 7.42. The van der Waals surface area contributed by atoms with Crippen LogP contribution in [0.4, 0.5) is 0 Å². The Kier molecular flexibility index (Phi) is 7.46. The molecule has 152 valence electrons. The number of aliphatic hydroxyl groups is 1. The maximum Gasteiger partial charge on any atom is 0.248 e. The quantitative estimate of drug-likeness (QED) is 0.768. The van der Waals surface area contributed by atoms with Crippen LogP contribution in [-0.4, -0.2) is 86.6 Å². The van der Waals surface area contributed by atoms with Crippen LogP contribution in [0.2, 0.25) is 0 Å². The van der Waals surface area contributed by atoms with Gasteiger partial charge < -0.3 is 19.5 Å². The van der Waals surface area contributed by atoms with Crippen LogP contribution in [0.3, 0.4) is 0 Å². The lowest BCUT2D eigenvalue weighted by molar-refractivity contribution is -0.140. The van der Waals surface area contributed by atoms with Crippen LogP contribution in [0, 0.1) is 11.8 Å². The van der Waals surface area contributed by atoms with Crippen LogP contribution in [0.5, 0.6) is 0 Å². The van der Waals surface area contributed by atoms with E-state index in [0.717, 1.165) is 31.5 Å². The number of amides is 1. The average molecular weight is 386 g/mol. The molecule has 0 radical (unpaired) electrons. The van der Waals surface area contributed by atoms with E-state index in [-0.39, 0.29) is 37.1 Å². The minimum atomic E-state index is 0.0410. The molecule has 0 spiro atoms. The minimum absolute atomic E-state index is 0.0410. The molecular weight excluding hydrogens is 356 g/mol. The summed E-state index contributed by atoms with van der Waals surface area (Å²) < 4.78 is 10.0. The lowest BCUT2D eigenvalue weighted by Crippen LogP contribution is -2.68. The predicted octanol–water partition coefficient (Wildman–Crippen LogP) is 1.08. The number of hydrogen-bond donors (Lipinski definition) is 1. The molecule has 2 fully saturated rings. The van der Waals surface area contributed by atoms with E-state index < -0.39 is 0 Å². The number of methoxy groups -OCH3 is 2. The van der Waals surface area contributed by atoms with Gasteiger partial charge in [-0.3, -0.25) is 9.69 Å². The second kappa shape index (κ2) is 10.0. The topological polar surface area (TPSA) is 62.2 Å². The van der Waals surface area contributed by atoms with Crippen LogP contribution in [0.15, 0.2) is 24.3 Å². The van der Waals surface area contributed by atoms with Crippen LogP contribution in [0.1, 0.15) is 29.9 Å². The van der Waals surface area contributed by atoms with Gasteiger partial charge in [-0.1, -0.05) is 24.0 Å². The van der Waals surface area contributed by atoms with E-state index in [9.17, 15) is 9.90 Å². The number of carbonyl (C=O) groups excluding carboxylic acids is 1. The molecular formula is C22H30N2O4. The minimum Gasteiger partial charge on any atom is -0.395 e. The highest BCUT2D eigenvalue weighted by Crippen LogP contribution is 2.41. The first-order valence-corrected chi connectivity index (χ1v) is 9.90. The molecule has 0 unspecified atom stereocenters. The fourth-order valence-electron chi connectivity index (χ4n) is 4.38. The maximum atomic E-state index is 12.4. The highest BCUT2D eigenvalue weighted by atomic mass is 16.5. The van der Waals surface area contributed by atoms with Gasteiger partial charge in [0.1, 0.15) is 13.2 Å². The van der Waals surface area contributed by atoms with E-state index in [1.165, 1.54) is 5.56 Å². The Bertz CT molecular complexity index is 709. The zero-order valence-electron chi connectivity index (χ0n) is 16.8. The summed E-state index contributed by atoms with van der Waals surface area (Å²) in [5.41, 5.74) is 2.14. The van der Waals surface area contributed by atoms with Gasteiger partial charge in [0, 0.05) is 50.9 Å². The summed E-state index contributed by atoms with van der Waals surface area (Å²) in [7, 11) is 3.18. The van der Waals surface area contributed by atoms with Crippen molar-refractivity contribution in [1.82, 2.24) is 9.80 Å². The Hall–Kier alpha value is -1.91. The molecule has 3 atom stereocenters. The SMILES string of the molecule is COCC#Cc1ccc([C@H]2[C@H]3CN(C(=O)COC)CCCCN3[C@H]2CO)cc1. The van der Waals surface area contributed by atoms with Crippen molar-refractivity contribution in [1.29, 1.82) is 0 Å². The van der Waals surface area contributed by atoms with Crippen molar-refractivity contribution in [3.8, 4) is 11.8 Å². The molecule has 28 heavy (non-hydrogen) atoms. The summed E-state index contributed by atoms with van der Waals surface area (Å²) in [5, 5.41) is 10.00. The Morgan fingerprint density at radius 3 is 2.61 bits per heavy atom. The first-order chi connectivity index (χ1) is 13.7. The third kappa shape index (κ3) is 4.56. The number of benzene rings is 1. The van der Waals surface area contributed by atoms with Crippen molar-refractivity contribution in [3.05, 3.63) is 35.4 Å². The van der Waals surface area contributed by atoms with Crippen molar-refractivity contribution in [2.75, 3.05) is 53.7 Å². The maximum absolute atomic E-state index is 12.4. The third-order valence-electron chi connectivity index (χ3n) is 5.74. The first-order valence-electron chi connectivity index (χ1n) is 9.90. The van der Waals surface area contributed by atoms with E-state index in [2.05, 4.69) is 28.9 Å².